The molecule has 1 N–H and O–H groups in total. The predicted molar refractivity (Wildman–Crippen MR) is 90.7 cm³/mol. The Morgan fingerprint density at radius 1 is 1.17 bits per heavy atom. The van der Waals surface area contributed by atoms with Gasteiger partial charge < -0.3 is 10.1 Å². The molecular weight excluding hydrogens is 306 g/mol. The standard InChI is InChI=1S/C18H25N3O3/c1-24-18(23)15-4-2-3-14(11-15)12-20-7-9-21(10-8-20)13-17(22)19-16-5-6-16/h2-4,11,16H,5-10,12-13H2,1H3,(H,19,22). The summed E-state index contributed by atoms with van der Waals surface area (Å²) in [7, 11) is 1.40. The van der Waals surface area contributed by atoms with E-state index in [4.69, 9.17) is 4.74 Å². The molecule has 24 heavy (non-hydrogen) atoms. The van der Waals surface area contributed by atoms with Crippen molar-refractivity contribution in [2.45, 2.75) is 25.4 Å². The molecule has 3 rings (SSSR count). The van der Waals surface area contributed by atoms with Crippen molar-refractivity contribution in [2.24, 2.45) is 0 Å². The fourth-order valence-corrected chi connectivity index (χ4v) is 2.98. The lowest BCUT2D eigenvalue weighted by Crippen LogP contribution is -2.49. The number of nitrogens with one attached hydrogen (secondary N) is 1. The molecule has 1 aromatic carbocycles. The van der Waals surface area contributed by atoms with E-state index >= 15 is 0 Å². The number of hydrogen-bond acceptors (Lipinski definition) is 5. The Balaban J connectivity index is 1.45. The zero-order valence-corrected chi connectivity index (χ0v) is 14.2. The van der Waals surface area contributed by atoms with Crippen LogP contribution in [0.2, 0.25) is 0 Å². The normalized spacial score (nSPS) is 19.0. The van der Waals surface area contributed by atoms with Crippen molar-refractivity contribution >= 4 is 11.9 Å². The fraction of sp³-hybridized carbons (Fsp3) is 0.556. The van der Waals surface area contributed by atoms with Crippen molar-refractivity contribution in [3.63, 3.8) is 0 Å². The maximum absolute atomic E-state index is 11.9. The fourth-order valence-electron chi connectivity index (χ4n) is 2.98. The number of methoxy groups -OCH3 is 1. The van der Waals surface area contributed by atoms with E-state index in [-0.39, 0.29) is 11.9 Å². The Morgan fingerprint density at radius 2 is 1.88 bits per heavy atom. The summed E-state index contributed by atoms with van der Waals surface area (Å²) in [6.45, 7) is 4.97. The van der Waals surface area contributed by atoms with E-state index in [0.29, 0.717) is 18.2 Å². The molecule has 1 aliphatic carbocycles. The molecule has 6 nitrogen and oxygen atoms in total. The molecular formula is C18H25N3O3. The first-order chi connectivity index (χ1) is 11.6. The van der Waals surface area contributed by atoms with Gasteiger partial charge in [-0.1, -0.05) is 12.1 Å². The molecule has 0 aromatic heterocycles. The lowest BCUT2D eigenvalue weighted by Gasteiger charge is -2.34. The molecule has 0 spiro atoms. The van der Waals surface area contributed by atoms with Gasteiger partial charge in [-0.15, -0.1) is 0 Å². The van der Waals surface area contributed by atoms with Crippen LogP contribution in [0.25, 0.3) is 0 Å². The summed E-state index contributed by atoms with van der Waals surface area (Å²) in [4.78, 5) is 28.0. The SMILES string of the molecule is COC(=O)c1cccc(CN2CCN(CC(=O)NC3CC3)CC2)c1. The van der Waals surface area contributed by atoms with Gasteiger partial charge in [-0.05, 0) is 30.5 Å². The number of carbonyl (C=O) groups excluding carboxylic acids is 2. The second-order valence-corrected chi connectivity index (χ2v) is 6.59. The molecule has 1 aliphatic heterocycles. The van der Waals surface area contributed by atoms with Crippen LogP contribution in [-0.4, -0.2) is 67.6 Å². The largest absolute Gasteiger partial charge is 0.465 e. The molecule has 0 radical (unpaired) electrons. The molecule has 2 fully saturated rings. The number of carbonyl (C=O) groups is 2. The summed E-state index contributed by atoms with van der Waals surface area (Å²) < 4.78 is 4.77. The van der Waals surface area contributed by atoms with Crippen molar-refractivity contribution in [3.05, 3.63) is 35.4 Å². The van der Waals surface area contributed by atoms with Gasteiger partial charge in [-0.2, -0.15) is 0 Å². The highest BCUT2D eigenvalue weighted by atomic mass is 16.5. The van der Waals surface area contributed by atoms with Crippen LogP contribution in [-0.2, 0) is 16.1 Å². The number of rotatable bonds is 6. The molecule has 130 valence electrons. The Bertz CT molecular complexity index is 593. The molecule has 1 aromatic rings. The Labute approximate surface area is 142 Å². The molecule has 1 saturated carbocycles. The number of hydrogen-bond donors (Lipinski definition) is 1. The molecule has 0 unspecified atom stereocenters. The maximum atomic E-state index is 11.9. The van der Waals surface area contributed by atoms with E-state index in [9.17, 15) is 9.59 Å². The monoisotopic (exact) mass is 331 g/mol. The minimum Gasteiger partial charge on any atom is -0.465 e. The topological polar surface area (TPSA) is 61.9 Å². The van der Waals surface area contributed by atoms with Crippen molar-refractivity contribution in [1.29, 1.82) is 0 Å². The van der Waals surface area contributed by atoms with Crippen LogP contribution in [0, 0.1) is 0 Å². The Morgan fingerprint density at radius 3 is 2.54 bits per heavy atom. The summed E-state index contributed by atoms with van der Waals surface area (Å²) in [5.74, 6) is -0.153. The molecule has 1 saturated heterocycles. The van der Waals surface area contributed by atoms with Gasteiger partial charge in [-0.3, -0.25) is 14.6 Å². The summed E-state index contributed by atoms with van der Waals surface area (Å²) in [5.41, 5.74) is 1.70. The number of nitrogens with zero attached hydrogens (tertiary/aromatic N) is 2. The summed E-state index contributed by atoms with van der Waals surface area (Å²) in [6, 6.07) is 8.01. The number of amides is 1. The van der Waals surface area contributed by atoms with Gasteiger partial charge in [0.15, 0.2) is 0 Å². The van der Waals surface area contributed by atoms with Crippen molar-refractivity contribution < 1.29 is 14.3 Å². The second kappa shape index (κ2) is 7.77. The van der Waals surface area contributed by atoms with Crippen molar-refractivity contribution in [3.8, 4) is 0 Å². The molecule has 2 aliphatic rings. The number of ether oxygens (including phenoxy) is 1. The molecule has 1 heterocycles. The van der Waals surface area contributed by atoms with Gasteiger partial charge in [0.2, 0.25) is 5.91 Å². The number of piperazine rings is 1. The van der Waals surface area contributed by atoms with Crippen LogP contribution in [0.5, 0.6) is 0 Å². The summed E-state index contributed by atoms with van der Waals surface area (Å²) in [5, 5.41) is 3.04. The first-order valence-electron chi connectivity index (χ1n) is 8.55. The van der Waals surface area contributed by atoms with E-state index in [1.54, 1.807) is 6.07 Å². The van der Waals surface area contributed by atoms with Crippen LogP contribution in [0.4, 0.5) is 0 Å². The third kappa shape index (κ3) is 4.79. The highest BCUT2D eigenvalue weighted by Gasteiger charge is 2.25. The molecule has 0 atom stereocenters. The van der Waals surface area contributed by atoms with Gasteiger partial charge >= 0.3 is 5.97 Å². The van der Waals surface area contributed by atoms with Crippen molar-refractivity contribution in [1.82, 2.24) is 15.1 Å². The predicted octanol–water partition coefficient (Wildman–Crippen LogP) is 0.869. The van der Waals surface area contributed by atoms with Crippen LogP contribution in [0.3, 0.4) is 0 Å². The van der Waals surface area contributed by atoms with E-state index in [2.05, 4.69) is 15.1 Å². The van der Waals surface area contributed by atoms with Crippen LogP contribution in [0.15, 0.2) is 24.3 Å². The Kier molecular flexibility index (Phi) is 5.48. The van der Waals surface area contributed by atoms with Crippen LogP contribution in [0.1, 0.15) is 28.8 Å². The number of esters is 1. The average molecular weight is 331 g/mol. The van der Waals surface area contributed by atoms with Crippen LogP contribution >= 0.6 is 0 Å². The maximum Gasteiger partial charge on any atom is 0.337 e. The van der Waals surface area contributed by atoms with E-state index in [1.165, 1.54) is 7.11 Å². The smallest absolute Gasteiger partial charge is 0.337 e. The third-order valence-electron chi connectivity index (χ3n) is 4.53. The second-order valence-electron chi connectivity index (χ2n) is 6.59. The van der Waals surface area contributed by atoms with Gasteiger partial charge in [0.25, 0.3) is 0 Å². The van der Waals surface area contributed by atoms with Gasteiger partial charge in [0, 0.05) is 38.8 Å². The van der Waals surface area contributed by atoms with Crippen molar-refractivity contribution in [2.75, 3.05) is 39.8 Å². The highest BCUT2D eigenvalue weighted by molar-refractivity contribution is 5.89. The van der Waals surface area contributed by atoms with Crippen LogP contribution < -0.4 is 5.32 Å². The lowest BCUT2D eigenvalue weighted by atomic mass is 10.1. The molecule has 0 bridgehead atoms. The van der Waals surface area contributed by atoms with Gasteiger partial charge in [0.05, 0.1) is 19.2 Å². The van der Waals surface area contributed by atoms with E-state index in [1.807, 2.05) is 18.2 Å². The molecule has 6 heteroatoms. The first kappa shape index (κ1) is 16.9. The summed E-state index contributed by atoms with van der Waals surface area (Å²) in [6.07, 6.45) is 2.26. The average Bonchev–Trinajstić information content (AvgIpc) is 3.40. The zero-order valence-electron chi connectivity index (χ0n) is 14.2. The lowest BCUT2D eigenvalue weighted by molar-refractivity contribution is -0.122. The molecule has 1 amide bonds. The van der Waals surface area contributed by atoms with Gasteiger partial charge in [0.1, 0.15) is 0 Å². The zero-order chi connectivity index (χ0) is 16.9. The quantitative estimate of drug-likeness (QED) is 0.784. The summed E-state index contributed by atoms with van der Waals surface area (Å²) >= 11 is 0. The minimum absolute atomic E-state index is 0.150. The highest BCUT2D eigenvalue weighted by Crippen LogP contribution is 2.18. The van der Waals surface area contributed by atoms with E-state index in [0.717, 1.165) is 51.1 Å². The minimum atomic E-state index is -0.302. The number of benzene rings is 1. The van der Waals surface area contributed by atoms with E-state index < -0.39 is 0 Å². The van der Waals surface area contributed by atoms with Gasteiger partial charge in [-0.25, -0.2) is 4.79 Å². The first-order valence-corrected chi connectivity index (χ1v) is 8.55. The Hall–Kier alpha value is -1.92. The third-order valence-corrected chi connectivity index (χ3v) is 4.53.